The molecule has 0 aromatic heterocycles. The molecule has 0 saturated carbocycles. The van der Waals surface area contributed by atoms with Gasteiger partial charge in [-0.1, -0.05) is 22.0 Å². The first kappa shape index (κ1) is 16.3. The van der Waals surface area contributed by atoms with Gasteiger partial charge in [-0.3, -0.25) is 4.79 Å². The van der Waals surface area contributed by atoms with Crippen molar-refractivity contribution in [2.45, 2.75) is 6.92 Å². The van der Waals surface area contributed by atoms with E-state index in [9.17, 15) is 9.90 Å². The van der Waals surface area contributed by atoms with Crippen LogP contribution in [-0.4, -0.2) is 23.8 Å². The van der Waals surface area contributed by atoms with E-state index in [1.54, 1.807) is 25.1 Å². The van der Waals surface area contributed by atoms with Gasteiger partial charge in [0.15, 0.2) is 11.5 Å². The normalized spacial score (nSPS) is 15.8. The third kappa shape index (κ3) is 3.05. The Kier molecular flexibility index (Phi) is 4.40. The highest BCUT2D eigenvalue weighted by atomic mass is 79.9. The highest BCUT2D eigenvalue weighted by Gasteiger charge is 2.28. The number of nitrogens with zero attached hydrogens (tertiary/aromatic N) is 2. The minimum absolute atomic E-state index is 0.0549. The van der Waals surface area contributed by atoms with Crippen molar-refractivity contribution in [2.75, 3.05) is 12.1 Å². The SMILES string of the molecule is COc1cc(C=C2C(=O)N(c3ccc(Br)cc3)N=C2C)ccc1O. The van der Waals surface area contributed by atoms with Crippen LogP contribution in [0, 0.1) is 0 Å². The van der Waals surface area contributed by atoms with Crippen molar-refractivity contribution in [3.63, 3.8) is 0 Å². The lowest BCUT2D eigenvalue weighted by atomic mass is 10.1. The number of rotatable bonds is 3. The van der Waals surface area contributed by atoms with E-state index in [0.717, 1.165) is 10.0 Å². The summed E-state index contributed by atoms with van der Waals surface area (Å²) >= 11 is 3.37. The quantitative estimate of drug-likeness (QED) is 0.811. The van der Waals surface area contributed by atoms with Crippen molar-refractivity contribution in [3.8, 4) is 11.5 Å². The fraction of sp³-hybridized carbons (Fsp3) is 0.111. The van der Waals surface area contributed by atoms with Crippen LogP contribution in [0.15, 0.2) is 57.6 Å². The molecule has 0 unspecified atom stereocenters. The molecule has 0 radical (unpaired) electrons. The van der Waals surface area contributed by atoms with Crippen molar-refractivity contribution in [1.82, 2.24) is 0 Å². The number of hydrogen-bond donors (Lipinski definition) is 1. The number of carbonyl (C=O) groups excluding carboxylic acids is 1. The van der Waals surface area contributed by atoms with E-state index in [1.807, 2.05) is 24.3 Å². The molecule has 6 heteroatoms. The molecule has 122 valence electrons. The summed E-state index contributed by atoms with van der Waals surface area (Å²) in [5.41, 5.74) is 2.59. The standard InChI is InChI=1S/C18H15BrN2O3/c1-11-15(9-12-3-8-16(22)17(10-12)24-2)18(23)21(20-11)14-6-4-13(19)5-7-14/h3-10,22H,1-2H3. The predicted molar refractivity (Wildman–Crippen MR) is 97.4 cm³/mol. The van der Waals surface area contributed by atoms with E-state index in [0.29, 0.717) is 22.7 Å². The lowest BCUT2D eigenvalue weighted by molar-refractivity contribution is -0.114. The maximum atomic E-state index is 12.7. The van der Waals surface area contributed by atoms with Gasteiger partial charge >= 0.3 is 0 Å². The Balaban J connectivity index is 1.94. The number of phenolic OH excluding ortho intramolecular Hbond substituents is 1. The fourth-order valence-corrected chi connectivity index (χ4v) is 2.66. The van der Waals surface area contributed by atoms with Crippen molar-refractivity contribution >= 4 is 39.3 Å². The van der Waals surface area contributed by atoms with Crippen LogP contribution < -0.4 is 9.75 Å². The summed E-state index contributed by atoms with van der Waals surface area (Å²) in [6, 6.07) is 12.3. The minimum atomic E-state index is -0.193. The zero-order valence-corrected chi connectivity index (χ0v) is 14.7. The van der Waals surface area contributed by atoms with Gasteiger partial charge in [0.25, 0.3) is 5.91 Å². The van der Waals surface area contributed by atoms with Gasteiger partial charge in [0.05, 0.1) is 24.1 Å². The van der Waals surface area contributed by atoms with Crippen molar-refractivity contribution in [2.24, 2.45) is 5.10 Å². The summed E-state index contributed by atoms with van der Waals surface area (Å²) in [6.07, 6.45) is 1.74. The van der Waals surface area contributed by atoms with Crippen LogP contribution in [0.25, 0.3) is 6.08 Å². The van der Waals surface area contributed by atoms with Gasteiger partial charge in [0.2, 0.25) is 0 Å². The maximum Gasteiger partial charge on any atom is 0.280 e. The molecule has 24 heavy (non-hydrogen) atoms. The molecule has 2 aromatic carbocycles. The molecular formula is C18H15BrN2O3. The van der Waals surface area contributed by atoms with Crippen LogP contribution in [0.4, 0.5) is 5.69 Å². The molecule has 2 aromatic rings. The van der Waals surface area contributed by atoms with Crippen LogP contribution in [0.1, 0.15) is 12.5 Å². The Morgan fingerprint density at radius 2 is 1.92 bits per heavy atom. The molecule has 1 aliphatic rings. The molecule has 3 rings (SSSR count). The van der Waals surface area contributed by atoms with Crippen molar-refractivity contribution in [1.29, 1.82) is 0 Å². The summed E-state index contributed by atoms with van der Waals surface area (Å²) in [6.45, 7) is 1.79. The zero-order chi connectivity index (χ0) is 17.3. The Morgan fingerprint density at radius 1 is 1.21 bits per heavy atom. The van der Waals surface area contributed by atoms with E-state index < -0.39 is 0 Å². The number of aromatic hydroxyl groups is 1. The van der Waals surface area contributed by atoms with Crippen molar-refractivity contribution < 1.29 is 14.6 Å². The van der Waals surface area contributed by atoms with E-state index in [2.05, 4.69) is 21.0 Å². The highest BCUT2D eigenvalue weighted by molar-refractivity contribution is 9.10. The molecule has 1 aliphatic heterocycles. The van der Waals surface area contributed by atoms with E-state index in [-0.39, 0.29) is 11.7 Å². The number of anilines is 1. The van der Waals surface area contributed by atoms with Crippen LogP contribution in [-0.2, 0) is 4.79 Å². The predicted octanol–water partition coefficient (Wildman–Crippen LogP) is 3.97. The Labute approximate surface area is 148 Å². The highest BCUT2D eigenvalue weighted by Crippen LogP contribution is 2.29. The second-order valence-corrected chi connectivity index (χ2v) is 6.18. The monoisotopic (exact) mass is 386 g/mol. The molecule has 0 spiro atoms. The largest absolute Gasteiger partial charge is 0.504 e. The van der Waals surface area contributed by atoms with Crippen LogP contribution in [0.3, 0.4) is 0 Å². The van der Waals surface area contributed by atoms with Gasteiger partial charge in [-0.25, -0.2) is 0 Å². The average molecular weight is 387 g/mol. The topological polar surface area (TPSA) is 62.1 Å². The van der Waals surface area contributed by atoms with Gasteiger partial charge in [0, 0.05) is 4.47 Å². The molecular weight excluding hydrogens is 372 g/mol. The van der Waals surface area contributed by atoms with Gasteiger partial charge in [-0.05, 0) is 55.0 Å². The number of amides is 1. The second kappa shape index (κ2) is 6.49. The Bertz CT molecular complexity index is 857. The van der Waals surface area contributed by atoms with Gasteiger partial charge < -0.3 is 9.84 Å². The molecule has 0 saturated heterocycles. The lowest BCUT2D eigenvalue weighted by Gasteiger charge is -2.11. The number of halogens is 1. The number of carbonyl (C=O) groups is 1. The molecule has 1 heterocycles. The van der Waals surface area contributed by atoms with Crippen LogP contribution in [0.5, 0.6) is 11.5 Å². The third-order valence-corrected chi connectivity index (χ3v) is 4.18. The first-order valence-corrected chi connectivity index (χ1v) is 8.03. The molecule has 0 atom stereocenters. The smallest absolute Gasteiger partial charge is 0.280 e. The molecule has 5 nitrogen and oxygen atoms in total. The maximum absolute atomic E-state index is 12.7. The summed E-state index contributed by atoms with van der Waals surface area (Å²) in [5, 5.41) is 15.4. The summed E-state index contributed by atoms with van der Waals surface area (Å²) < 4.78 is 6.03. The number of phenols is 1. The van der Waals surface area contributed by atoms with E-state index >= 15 is 0 Å². The van der Waals surface area contributed by atoms with Crippen molar-refractivity contribution in [3.05, 3.63) is 58.1 Å². The van der Waals surface area contributed by atoms with Gasteiger partial charge in [-0.15, -0.1) is 0 Å². The van der Waals surface area contributed by atoms with E-state index in [1.165, 1.54) is 18.2 Å². The van der Waals surface area contributed by atoms with Crippen LogP contribution in [0.2, 0.25) is 0 Å². The number of ether oxygens (including phenoxy) is 1. The zero-order valence-electron chi connectivity index (χ0n) is 13.2. The Hall–Kier alpha value is -2.60. The molecule has 0 fully saturated rings. The lowest BCUT2D eigenvalue weighted by Crippen LogP contribution is -2.21. The summed E-state index contributed by atoms with van der Waals surface area (Å²) in [5.74, 6) is 0.218. The first-order chi connectivity index (χ1) is 11.5. The molecule has 1 N–H and O–H groups in total. The molecule has 0 bridgehead atoms. The summed E-state index contributed by atoms with van der Waals surface area (Å²) in [4.78, 5) is 12.7. The molecule has 0 aliphatic carbocycles. The number of benzene rings is 2. The number of hydrogen-bond acceptors (Lipinski definition) is 4. The number of hydrazone groups is 1. The minimum Gasteiger partial charge on any atom is -0.504 e. The van der Waals surface area contributed by atoms with E-state index in [4.69, 9.17) is 4.74 Å². The first-order valence-electron chi connectivity index (χ1n) is 7.24. The van der Waals surface area contributed by atoms with Gasteiger partial charge in [-0.2, -0.15) is 10.1 Å². The average Bonchev–Trinajstić information content (AvgIpc) is 2.85. The third-order valence-electron chi connectivity index (χ3n) is 3.65. The Morgan fingerprint density at radius 3 is 2.58 bits per heavy atom. The fourth-order valence-electron chi connectivity index (χ4n) is 2.39. The summed E-state index contributed by atoms with van der Waals surface area (Å²) in [7, 11) is 1.48. The second-order valence-electron chi connectivity index (χ2n) is 5.27. The molecule has 1 amide bonds. The number of methoxy groups -OCH3 is 1. The van der Waals surface area contributed by atoms with Crippen LogP contribution >= 0.6 is 15.9 Å². The van der Waals surface area contributed by atoms with Gasteiger partial charge in [0.1, 0.15) is 0 Å².